The molecule has 0 unspecified atom stereocenters. The Bertz CT molecular complexity index is 1240. The number of fused-ring (bicyclic) bond motifs is 1. The fraction of sp³-hybridized carbons (Fsp3) is 0.280. The Morgan fingerprint density at radius 2 is 1.78 bits per heavy atom. The molecule has 1 N–H and O–H groups in total. The zero-order chi connectivity index (χ0) is 22.2. The van der Waals surface area contributed by atoms with Crippen LogP contribution in [0.25, 0.3) is 17.0 Å². The predicted octanol–water partition coefficient (Wildman–Crippen LogP) is 6.22. The second-order valence-electron chi connectivity index (χ2n) is 8.43. The second-order valence-corrected chi connectivity index (χ2v) is 9.25. The normalized spacial score (nSPS) is 18.7. The van der Waals surface area contributed by atoms with Crippen molar-refractivity contribution in [3.8, 4) is 0 Å². The minimum absolute atomic E-state index is 0.00172. The van der Waals surface area contributed by atoms with Gasteiger partial charge in [-0.15, -0.1) is 0 Å². The van der Waals surface area contributed by atoms with Gasteiger partial charge < -0.3 is 9.88 Å². The van der Waals surface area contributed by atoms with E-state index < -0.39 is 0 Å². The van der Waals surface area contributed by atoms with Crippen LogP contribution in [0.3, 0.4) is 0 Å². The first-order chi connectivity index (χ1) is 15.5. The van der Waals surface area contributed by atoms with Gasteiger partial charge in [0.1, 0.15) is 5.70 Å². The van der Waals surface area contributed by atoms with Crippen molar-refractivity contribution in [1.29, 1.82) is 0 Å². The van der Waals surface area contributed by atoms with Crippen molar-refractivity contribution < 1.29 is 9.59 Å². The third-order valence-electron chi connectivity index (χ3n) is 6.31. The van der Waals surface area contributed by atoms with E-state index in [1.807, 2.05) is 42.6 Å². The maximum atomic E-state index is 13.1. The van der Waals surface area contributed by atoms with E-state index in [0.717, 1.165) is 47.7 Å². The Morgan fingerprint density at radius 3 is 2.56 bits per heavy atom. The van der Waals surface area contributed by atoms with Crippen LogP contribution in [0, 0.1) is 0 Å². The first-order valence-electron chi connectivity index (χ1n) is 10.9. The molecule has 5 nitrogen and oxygen atoms in total. The number of hydrogen-bond donors (Lipinski definition) is 1. The fourth-order valence-corrected chi connectivity index (χ4v) is 5.05. The molecule has 1 saturated carbocycles. The smallest absolute Gasteiger partial charge is 0.329 e. The van der Waals surface area contributed by atoms with Gasteiger partial charge in [0.2, 0.25) is 0 Å². The fourth-order valence-electron chi connectivity index (χ4n) is 4.73. The summed E-state index contributed by atoms with van der Waals surface area (Å²) in [6.07, 6.45) is 8.84. The van der Waals surface area contributed by atoms with Gasteiger partial charge in [-0.2, -0.15) is 0 Å². The quantitative estimate of drug-likeness (QED) is 0.365. The van der Waals surface area contributed by atoms with E-state index in [1.54, 1.807) is 12.1 Å². The monoisotopic (exact) mass is 467 g/mol. The first-order valence-corrected chi connectivity index (χ1v) is 11.6. The highest BCUT2D eigenvalue weighted by Crippen LogP contribution is 2.30. The predicted molar refractivity (Wildman–Crippen MR) is 128 cm³/mol. The van der Waals surface area contributed by atoms with Crippen LogP contribution in [-0.2, 0) is 11.3 Å². The van der Waals surface area contributed by atoms with Gasteiger partial charge in [-0.05, 0) is 42.7 Å². The molecule has 2 fully saturated rings. The highest BCUT2D eigenvalue weighted by molar-refractivity contribution is 6.42. The largest absolute Gasteiger partial charge is 0.342 e. The van der Waals surface area contributed by atoms with E-state index >= 15 is 0 Å². The van der Waals surface area contributed by atoms with Crippen LogP contribution >= 0.6 is 23.2 Å². The van der Waals surface area contributed by atoms with E-state index in [9.17, 15) is 9.59 Å². The number of nitrogens with zero attached hydrogens (tertiary/aromatic N) is 2. The number of hydrogen-bond acceptors (Lipinski definition) is 2. The number of carbonyl (C=O) groups is 2. The number of nitrogens with one attached hydrogen (secondary N) is 1. The molecule has 2 heterocycles. The lowest BCUT2D eigenvalue weighted by Crippen LogP contribution is -2.41. The van der Waals surface area contributed by atoms with Crippen molar-refractivity contribution in [2.24, 2.45) is 0 Å². The molecule has 164 valence electrons. The third-order valence-corrected chi connectivity index (χ3v) is 7.04. The first kappa shape index (κ1) is 21.1. The molecule has 0 spiro atoms. The number of benzene rings is 2. The summed E-state index contributed by atoms with van der Waals surface area (Å²) < 4.78 is 2.11. The van der Waals surface area contributed by atoms with Crippen molar-refractivity contribution in [2.45, 2.75) is 44.7 Å². The molecule has 3 aromatic rings. The van der Waals surface area contributed by atoms with Gasteiger partial charge in [-0.25, -0.2) is 4.79 Å². The summed E-state index contributed by atoms with van der Waals surface area (Å²) in [7, 11) is 0. The summed E-state index contributed by atoms with van der Waals surface area (Å²) in [5.41, 5.74) is 3.27. The minimum Gasteiger partial charge on any atom is -0.342 e. The molecule has 1 aliphatic carbocycles. The van der Waals surface area contributed by atoms with Gasteiger partial charge in [-0.3, -0.25) is 9.69 Å². The Hall–Kier alpha value is -2.76. The van der Waals surface area contributed by atoms with Crippen LogP contribution in [0.5, 0.6) is 0 Å². The molecule has 1 aromatic heterocycles. The van der Waals surface area contributed by atoms with E-state index in [2.05, 4.69) is 9.88 Å². The summed E-state index contributed by atoms with van der Waals surface area (Å²) in [5, 5.41) is 4.85. The van der Waals surface area contributed by atoms with Crippen molar-refractivity contribution in [2.75, 3.05) is 0 Å². The van der Waals surface area contributed by atoms with Gasteiger partial charge in [-0.1, -0.05) is 66.7 Å². The topological polar surface area (TPSA) is 54.3 Å². The Balaban J connectivity index is 1.48. The van der Waals surface area contributed by atoms with Crippen molar-refractivity contribution in [3.05, 3.63) is 75.5 Å². The Labute approximate surface area is 196 Å². The summed E-state index contributed by atoms with van der Waals surface area (Å²) in [6.45, 7) is 0.606. The standard InChI is InChI=1S/C25H23Cl2N3O2/c26-20-11-10-16(12-21(20)27)14-29-15-17(19-8-4-5-9-23(19)29)13-22-24(31)30(25(32)28-22)18-6-2-1-3-7-18/h4-5,8-13,15,18H,1-3,6-7,14H2,(H,28,32)/b22-13-. The Morgan fingerprint density at radius 1 is 1.00 bits per heavy atom. The lowest BCUT2D eigenvalue weighted by Gasteiger charge is -2.28. The molecule has 32 heavy (non-hydrogen) atoms. The minimum atomic E-state index is -0.312. The maximum Gasteiger partial charge on any atom is 0.329 e. The number of urea groups is 1. The summed E-state index contributed by atoms with van der Waals surface area (Å²) in [4.78, 5) is 27.1. The van der Waals surface area contributed by atoms with E-state index in [4.69, 9.17) is 23.2 Å². The van der Waals surface area contributed by atoms with Gasteiger partial charge in [0.15, 0.2) is 0 Å². The van der Waals surface area contributed by atoms with Crippen LogP contribution in [0.2, 0.25) is 10.0 Å². The molecule has 3 amide bonds. The summed E-state index contributed by atoms with van der Waals surface area (Å²) in [6, 6.07) is 13.3. The van der Waals surface area contributed by atoms with E-state index in [-0.39, 0.29) is 18.0 Å². The highest BCUT2D eigenvalue weighted by Gasteiger charge is 2.39. The molecule has 0 bridgehead atoms. The zero-order valence-electron chi connectivity index (χ0n) is 17.5. The average molecular weight is 468 g/mol. The second kappa shape index (κ2) is 8.64. The summed E-state index contributed by atoms with van der Waals surface area (Å²) in [5.74, 6) is -0.233. The number of imide groups is 1. The zero-order valence-corrected chi connectivity index (χ0v) is 19.0. The number of amides is 3. The van der Waals surface area contributed by atoms with Gasteiger partial charge >= 0.3 is 6.03 Å². The van der Waals surface area contributed by atoms with Crippen LogP contribution < -0.4 is 5.32 Å². The number of para-hydroxylation sites is 1. The lowest BCUT2D eigenvalue weighted by atomic mass is 9.94. The SMILES string of the molecule is O=C1N/C(=C\c2cn(Cc3ccc(Cl)c(Cl)c3)c3ccccc23)C(=O)N1C1CCCCC1. The molecule has 2 aromatic carbocycles. The Kier molecular flexibility index (Phi) is 5.70. The summed E-state index contributed by atoms with van der Waals surface area (Å²) >= 11 is 12.2. The number of rotatable bonds is 4. The molecule has 2 aliphatic rings. The highest BCUT2D eigenvalue weighted by atomic mass is 35.5. The van der Waals surface area contributed by atoms with Crippen LogP contribution in [-0.4, -0.2) is 27.4 Å². The average Bonchev–Trinajstić information content (AvgIpc) is 3.28. The van der Waals surface area contributed by atoms with Gasteiger partial charge in [0, 0.05) is 35.2 Å². The van der Waals surface area contributed by atoms with Crippen LogP contribution in [0.1, 0.15) is 43.2 Å². The molecule has 0 atom stereocenters. The van der Waals surface area contributed by atoms with Crippen LogP contribution in [0.4, 0.5) is 4.79 Å². The third kappa shape index (κ3) is 3.91. The molecule has 5 rings (SSSR count). The molecule has 0 radical (unpaired) electrons. The number of halogens is 2. The van der Waals surface area contributed by atoms with Crippen molar-refractivity contribution in [1.82, 2.24) is 14.8 Å². The van der Waals surface area contributed by atoms with Crippen molar-refractivity contribution >= 4 is 52.1 Å². The lowest BCUT2D eigenvalue weighted by molar-refractivity contribution is -0.124. The molecule has 1 saturated heterocycles. The number of aromatic nitrogens is 1. The number of carbonyl (C=O) groups excluding carboxylic acids is 2. The molecule has 7 heteroatoms. The van der Waals surface area contributed by atoms with Crippen molar-refractivity contribution in [3.63, 3.8) is 0 Å². The maximum absolute atomic E-state index is 13.1. The van der Waals surface area contributed by atoms with Gasteiger partial charge in [0.25, 0.3) is 5.91 Å². The molecular formula is C25H23Cl2N3O2. The van der Waals surface area contributed by atoms with Crippen LogP contribution in [0.15, 0.2) is 54.4 Å². The molecule has 1 aliphatic heterocycles. The van der Waals surface area contributed by atoms with E-state index in [0.29, 0.717) is 22.3 Å². The molecular weight excluding hydrogens is 445 g/mol. The van der Waals surface area contributed by atoms with E-state index in [1.165, 1.54) is 11.3 Å². The van der Waals surface area contributed by atoms with Gasteiger partial charge in [0.05, 0.1) is 10.0 Å².